The Bertz CT molecular complexity index is 503. The Balaban J connectivity index is 1.82. The molecule has 2 nitrogen and oxygen atoms in total. The zero-order valence-electron chi connectivity index (χ0n) is 12.1. The Hall–Kier alpha value is -0.640. The quantitative estimate of drug-likeness (QED) is 0.919. The maximum absolute atomic E-state index is 14.0. The fourth-order valence-electron chi connectivity index (χ4n) is 3.30. The predicted molar refractivity (Wildman–Crippen MR) is 80.4 cm³/mol. The number of benzene rings is 1. The molecule has 20 heavy (non-hydrogen) atoms. The first-order chi connectivity index (χ1) is 9.49. The molecule has 0 bridgehead atoms. The molecule has 2 atom stereocenters. The Kier molecular flexibility index (Phi) is 3.78. The highest BCUT2D eigenvalue weighted by atomic mass is 35.5. The molecule has 1 saturated carbocycles. The van der Waals surface area contributed by atoms with Gasteiger partial charge in [-0.2, -0.15) is 0 Å². The molecule has 2 aliphatic rings. The van der Waals surface area contributed by atoms with Crippen molar-refractivity contribution in [2.75, 3.05) is 13.1 Å². The maximum Gasteiger partial charge on any atom is 0.129 e. The van der Waals surface area contributed by atoms with Gasteiger partial charge < -0.3 is 5.32 Å². The first-order valence-electron chi connectivity index (χ1n) is 7.41. The van der Waals surface area contributed by atoms with E-state index in [0.29, 0.717) is 17.6 Å². The van der Waals surface area contributed by atoms with Crippen LogP contribution in [0.5, 0.6) is 0 Å². The van der Waals surface area contributed by atoms with Crippen molar-refractivity contribution < 1.29 is 4.39 Å². The second-order valence-electron chi connectivity index (χ2n) is 6.53. The van der Waals surface area contributed by atoms with Crippen molar-refractivity contribution in [3.05, 3.63) is 34.6 Å². The van der Waals surface area contributed by atoms with Crippen LogP contribution in [0, 0.1) is 11.7 Å². The lowest BCUT2D eigenvalue weighted by Gasteiger charge is -2.48. The zero-order valence-corrected chi connectivity index (χ0v) is 12.9. The molecular weight excluding hydrogens is 275 g/mol. The van der Waals surface area contributed by atoms with Crippen LogP contribution in [0.25, 0.3) is 0 Å². The fraction of sp³-hybridized carbons (Fsp3) is 0.625. The second kappa shape index (κ2) is 5.28. The highest BCUT2D eigenvalue weighted by Crippen LogP contribution is 2.44. The van der Waals surface area contributed by atoms with Crippen molar-refractivity contribution >= 4 is 11.6 Å². The average molecular weight is 297 g/mol. The molecule has 1 heterocycles. The van der Waals surface area contributed by atoms with Crippen LogP contribution >= 0.6 is 11.6 Å². The van der Waals surface area contributed by atoms with Gasteiger partial charge in [0.1, 0.15) is 5.82 Å². The number of piperazine rings is 1. The third-order valence-electron chi connectivity index (χ3n) is 4.86. The number of rotatable bonds is 3. The monoisotopic (exact) mass is 296 g/mol. The lowest BCUT2D eigenvalue weighted by Crippen LogP contribution is -2.63. The topological polar surface area (TPSA) is 15.3 Å². The van der Waals surface area contributed by atoms with Crippen LogP contribution in [0.3, 0.4) is 0 Å². The van der Waals surface area contributed by atoms with Crippen molar-refractivity contribution in [2.45, 2.75) is 44.8 Å². The summed E-state index contributed by atoms with van der Waals surface area (Å²) in [6.45, 7) is 7.14. The summed E-state index contributed by atoms with van der Waals surface area (Å²) in [5.74, 6) is 0.555. The zero-order chi connectivity index (χ0) is 14.3. The third kappa shape index (κ3) is 2.72. The molecule has 0 amide bonds. The Labute approximate surface area is 125 Å². The van der Waals surface area contributed by atoms with Crippen LogP contribution in [0.15, 0.2) is 18.2 Å². The van der Waals surface area contributed by atoms with E-state index in [1.807, 2.05) is 6.07 Å². The molecule has 110 valence electrons. The van der Waals surface area contributed by atoms with Crippen LogP contribution < -0.4 is 5.32 Å². The highest BCUT2D eigenvalue weighted by molar-refractivity contribution is 6.30. The van der Waals surface area contributed by atoms with Gasteiger partial charge in [-0.05, 0) is 44.7 Å². The lowest BCUT2D eigenvalue weighted by molar-refractivity contribution is 0.0303. The van der Waals surface area contributed by atoms with Crippen molar-refractivity contribution in [1.29, 1.82) is 0 Å². The van der Waals surface area contributed by atoms with Gasteiger partial charge in [-0.25, -0.2) is 4.39 Å². The van der Waals surface area contributed by atoms with Gasteiger partial charge in [0, 0.05) is 41.8 Å². The second-order valence-corrected chi connectivity index (χ2v) is 6.97. The first-order valence-corrected chi connectivity index (χ1v) is 7.79. The summed E-state index contributed by atoms with van der Waals surface area (Å²) < 4.78 is 14.0. The van der Waals surface area contributed by atoms with Gasteiger partial charge in [0.05, 0.1) is 0 Å². The van der Waals surface area contributed by atoms with Crippen LogP contribution in [0.1, 0.15) is 32.3 Å². The van der Waals surface area contributed by atoms with E-state index in [-0.39, 0.29) is 11.4 Å². The molecular formula is C16H22ClFN2. The van der Waals surface area contributed by atoms with E-state index in [0.717, 1.165) is 24.6 Å². The molecule has 1 aliphatic carbocycles. The van der Waals surface area contributed by atoms with E-state index in [9.17, 15) is 4.39 Å². The number of hydrogen-bond acceptors (Lipinski definition) is 2. The van der Waals surface area contributed by atoms with Gasteiger partial charge in [0.25, 0.3) is 0 Å². The molecule has 1 aromatic rings. The van der Waals surface area contributed by atoms with Crippen LogP contribution in [-0.4, -0.2) is 29.6 Å². The molecule has 1 saturated heterocycles. The molecule has 0 spiro atoms. The Morgan fingerprint density at radius 3 is 2.85 bits per heavy atom. The van der Waals surface area contributed by atoms with E-state index in [4.69, 9.17) is 11.6 Å². The molecule has 4 heteroatoms. The summed E-state index contributed by atoms with van der Waals surface area (Å²) in [5.41, 5.74) is 0.897. The predicted octanol–water partition coefficient (Wildman–Crippen LogP) is 3.44. The fourth-order valence-corrected chi connectivity index (χ4v) is 3.46. The summed E-state index contributed by atoms with van der Waals surface area (Å²) in [7, 11) is 0. The highest BCUT2D eigenvalue weighted by Gasteiger charge is 2.47. The molecule has 1 aromatic carbocycles. The maximum atomic E-state index is 14.0. The number of hydrogen-bond donors (Lipinski definition) is 1. The van der Waals surface area contributed by atoms with E-state index < -0.39 is 0 Å². The summed E-state index contributed by atoms with van der Waals surface area (Å²) in [6, 6.07) is 5.46. The molecule has 1 N–H and O–H groups in total. The summed E-state index contributed by atoms with van der Waals surface area (Å²) in [5, 5.41) is 4.04. The molecule has 1 aliphatic heterocycles. The Morgan fingerprint density at radius 1 is 1.45 bits per heavy atom. The van der Waals surface area contributed by atoms with Gasteiger partial charge in [-0.3, -0.25) is 4.90 Å². The van der Waals surface area contributed by atoms with Gasteiger partial charge in [0.2, 0.25) is 0 Å². The SMILES string of the molecule is CC1CN(Cc2ccc(Cl)cc2F)C(C)(C2CC2)CN1. The normalized spacial score (nSPS) is 31.5. The van der Waals surface area contributed by atoms with Gasteiger partial charge in [-0.1, -0.05) is 17.7 Å². The lowest BCUT2D eigenvalue weighted by atomic mass is 9.89. The van der Waals surface area contributed by atoms with Crippen molar-refractivity contribution in [2.24, 2.45) is 5.92 Å². The number of nitrogens with zero attached hydrogens (tertiary/aromatic N) is 1. The molecule has 0 radical (unpaired) electrons. The summed E-state index contributed by atoms with van der Waals surface area (Å²) >= 11 is 5.84. The van der Waals surface area contributed by atoms with E-state index in [2.05, 4.69) is 24.1 Å². The van der Waals surface area contributed by atoms with Crippen LogP contribution in [-0.2, 0) is 6.54 Å². The average Bonchev–Trinajstić information content (AvgIpc) is 3.22. The van der Waals surface area contributed by atoms with Gasteiger partial charge in [-0.15, -0.1) is 0 Å². The van der Waals surface area contributed by atoms with E-state index in [1.165, 1.54) is 18.9 Å². The van der Waals surface area contributed by atoms with Crippen LogP contribution in [0.4, 0.5) is 4.39 Å². The first kappa shape index (κ1) is 14.3. The van der Waals surface area contributed by atoms with Gasteiger partial charge >= 0.3 is 0 Å². The molecule has 2 unspecified atom stereocenters. The molecule has 3 rings (SSSR count). The van der Waals surface area contributed by atoms with Crippen molar-refractivity contribution in [1.82, 2.24) is 10.2 Å². The number of halogens is 2. The summed E-state index contributed by atoms with van der Waals surface area (Å²) in [6.07, 6.45) is 2.60. The standard InChI is InChI=1S/C16H22ClFN2/c1-11-8-20(16(2,10-19-11)13-4-5-13)9-12-3-6-14(17)7-15(12)18/h3,6-7,11,13,19H,4-5,8-10H2,1-2H3. The largest absolute Gasteiger partial charge is 0.311 e. The molecule has 0 aromatic heterocycles. The Morgan fingerprint density at radius 2 is 2.20 bits per heavy atom. The minimum absolute atomic E-state index is 0.151. The molecule has 2 fully saturated rings. The van der Waals surface area contributed by atoms with Crippen molar-refractivity contribution in [3.8, 4) is 0 Å². The summed E-state index contributed by atoms with van der Waals surface area (Å²) in [4.78, 5) is 2.46. The van der Waals surface area contributed by atoms with Crippen LogP contribution in [0.2, 0.25) is 5.02 Å². The minimum Gasteiger partial charge on any atom is -0.311 e. The van der Waals surface area contributed by atoms with Gasteiger partial charge in [0.15, 0.2) is 0 Å². The van der Waals surface area contributed by atoms with E-state index >= 15 is 0 Å². The van der Waals surface area contributed by atoms with Crippen molar-refractivity contribution in [3.63, 3.8) is 0 Å². The van der Waals surface area contributed by atoms with E-state index in [1.54, 1.807) is 6.07 Å². The minimum atomic E-state index is -0.193. The smallest absolute Gasteiger partial charge is 0.129 e. The number of nitrogens with one attached hydrogen (secondary N) is 1. The third-order valence-corrected chi connectivity index (χ3v) is 5.09.